The van der Waals surface area contributed by atoms with E-state index >= 15 is 0 Å². The van der Waals surface area contributed by atoms with Gasteiger partial charge in [-0.1, -0.05) is 151 Å². The Bertz CT molecular complexity index is 3030. The minimum absolute atomic E-state index is 0.0920. The van der Waals surface area contributed by atoms with Crippen LogP contribution >= 0.6 is 0 Å². The maximum atomic E-state index is 6.47. The van der Waals surface area contributed by atoms with Crippen molar-refractivity contribution in [1.29, 1.82) is 0 Å². The molecule has 0 unspecified atom stereocenters. The molecular formula is C52H40O. The van der Waals surface area contributed by atoms with Gasteiger partial charge in [0.1, 0.15) is 11.2 Å². The van der Waals surface area contributed by atoms with Crippen LogP contribution in [0.15, 0.2) is 138 Å². The molecule has 0 aliphatic carbocycles. The topological polar surface area (TPSA) is 13.1 Å². The minimum Gasteiger partial charge on any atom is -0.456 e. The quantitative estimate of drug-likeness (QED) is 0.166. The van der Waals surface area contributed by atoms with Gasteiger partial charge >= 0.3 is 0 Å². The molecule has 11 aromatic rings. The van der Waals surface area contributed by atoms with Crippen molar-refractivity contribution in [3.8, 4) is 22.3 Å². The van der Waals surface area contributed by atoms with Crippen LogP contribution in [0.5, 0.6) is 0 Å². The van der Waals surface area contributed by atoms with Crippen molar-refractivity contribution in [3.05, 3.63) is 145 Å². The maximum absolute atomic E-state index is 6.47. The second-order valence-corrected chi connectivity index (χ2v) is 17.4. The van der Waals surface area contributed by atoms with E-state index in [1.807, 2.05) is 0 Å². The fourth-order valence-corrected chi connectivity index (χ4v) is 9.12. The first-order valence-electron chi connectivity index (χ1n) is 18.9. The Morgan fingerprint density at radius 1 is 0.321 bits per heavy atom. The lowest BCUT2D eigenvalue weighted by molar-refractivity contribution is 0.591. The Kier molecular flexibility index (Phi) is 6.00. The molecule has 0 saturated heterocycles. The maximum Gasteiger partial charge on any atom is 0.135 e. The van der Waals surface area contributed by atoms with Gasteiger partial charge in [0.25, 0.3) is 0 Å². The number of benzene rings is 10. The number of furan rings is 1. The van der Waals surface area contributed by atoms with Crippen molar-refractivity contribution in [2.45, 2.75) is 52.4 Å². The van der Waals surface area contributed by atoms with Gasteiger partial charge in [-0.3, -0.25) is 0 Å². The van der Waals surface area contributed by atoms with Crippen LogP contribution in [0.2, 0.25) is 0 Å². The van der Waals surface area contributed by atoms with Crippen LogP contribution in [-0.2, 0) is 10.8 Å². The molecule has 0 saturated carbocycles. The monoisotopic (exact) mass is 680 g/mol. The predicted octanol–water partition coefficient (Wildman–Crippen LogP) is 15.3. The second-order valence-electron chi connectivity index (χ2n) is 17.4. The molecule has 1 heterocycles. The number of hydrogen-bond donors (Lipinski definition) is 0. The molecule has 1 nitrogen and oxygen atoms in total. The molecule has 0 radical (unpaired) electrons. The van der Waals surface area contributed by atoms with Crippen molar-refractivity contribution in [2.75, 3.05) is 0 Å². The van der Waals surface area contributed by atoms with Crippen LogP contribution in [0.25, 0.3) is 109 Å². The fourth-order valence-electron chi connectivity index (χ4n) is 9.12. The molecule has 0 fully saturated rings. The van der Waals surface area contributed by atoms with E-state index in [1.54, 1.807) is 0 Å². The molecule has 1 heteroatoms. The molecule has 0 amide bonds. The molecular weight excluding hydrogens is 641 g/mol. The van der Waals surface area contributed by atoms with Gasteiger partial charge in [0, 0.05) is 10.8 Å². The first-order chi connectivity index (χ1) is 25.5. The average molecular weight is 681 g/mol. The van der Waals surface area contributed by atoms with E-state index in [1.165, 1.54) is 98.0 Å². The largest absolute Gasteiger partial charge is 0.456 e. The zero-order chi connectivity index (χ0) is 36.0. The molecule has 0 aliphatic rings. The van der Waals surface area contributed by atoms with Gasteiger partial charge in [0.15, 0.2) is 0 Å². The van der Waals surface area contributed by atoms with E-state index in [9.17, 15) is 0 Å². The highest BCUT2D eigenvalue weighted by Gasteiger charge is 2.21. The van der Waals surface area contributed by atoms with E-state index < -0.39 is 0 Å². The van der Waals surface area contributed by atoms with Crippen molar-refractivity contribution < 1.29 is 4.42 Å². The van der Waals surface area contributed by atoms with E-state index in [2.05, 4.69) is 175 Å². The summed E-state index contributed by atoms with van der Waals surface area (Å²) in [6.45, 7) is 13.8. The molecule has 53 heavy (non-hydrogen) atoms. The fraction of sp³-hybridized carbons (Fsp3) is 0.154. The summed E-state index contributed by atoms with van der Waals surface area (Å²) in [6.07, 6.45) is 0. The van der Waals surface area contributed by atoms with Gasteiger partial charge in [0.05, 0.1) is 0 Å². The Balaban J connectivity index is 1.08. The lowest BCUT2D eigenvalue weighted by Gasteiger charge is -2.22. The molecule has 0 bridgehead atoms. The van der Waals surface area contributed by atoms with Crippen LogP contribution in [-0.4, -0.2) is 0 Å². The summed E-state index contributed by atoms with van der Waals surface area (Å²) >= 11 is 0. The third-order valence-electron chi connectivity index (χ3n) is 12.0. The van der Waals surface area contributed by atoms with Crippen molar-refractivity contribution >= 4 is 86.6 Å². The van der Waals surface area contributed by atoms with Crippen LogP contribution < -0.4 is 0 Å². The summed E-state index contributed by atoms with van der Waals surface area (Å²) in [5.74, 6) is 0. The number of fused-ring (bicyclic) bond motifs is 3. The van der Waals surface area contributed by atoms with Crippen LogP contribution in [0.3, 0.4) is 0 Å². The smallest absolute Gasteiger partial charge is 0.135 e. The lowest BCUT2D eigenvalue weighted by Crippen LogP contribution is -2.10. The third kappa shape index (κ3) is 4.44. The summed E-state index contributed by atoms with van der Waals surface area (Å²) in [5.41, 5.74) is 9.67. The van der Waals surface area contributed by atoms with Crippen LogP contribution in [0.1, 0.15) is 52.7 Å². The molecule has 0 aliphatic heterocycles. The Morgan fingerprint density at radius 2 is 0.679 bits per heavy atom. The Labute approximate surface area is 309 Å². The average Bonchev–Trinajstić information content (AvgIpc) is 3.52. The van der Waals surface area contributed by atoms with Crippen molar-refractivity contribution in [2.24, 2.45) is 0 Å². The molecule has 0 N–H and O–H groups in total. The second kappa shape index (κ2) is 10.4. The summed E-state index contributed by atoms with van der Waals surface area (Å²) in [5, 5.41) is 18.1. The SMILES string of the molecule is CC(C)(C)c1cc2ccc3ccc(-c4ccc5oc6ccc(-c7ccc8ccc9cc(C(C)(C)C)cc%10ccc7c8c9%10)cc6c5c4)c4ccc(c1)c2c34. The van der Waals surface area contributed by atoms with Gasteiger partial charge in [-0.15, -0.1) is 0 Å². The lowest BCUT2D eigenvalue weighted by atomic mass is 9.82. The van der Waals surface area contributed by atoms with E-state index in [0.717, 1.165) is 21.9 Å². The van der Waals surface area contributed by atoms with E-state index in [0.29, 0.717) is 0 Å². The van der Waals surface area contributed by atoms with E-state index in [4.69, 9.17) is 4.42 Å². The van der Waals surface area contributed by atoms with Gasteiger partial charge in [-0.25, -0.2) is 0 Å². The van der Waals surface area contributed by atoms with Gasteiger partial charge in [-0.05, 0) is 133 Å². The molecule has 0 atom stereocenters. The van der Waals surface area contributed by atoms with Crippen LogP contribution in [0, 0.1) is 0 Å². The third-order valence-corrected chi connectivity index (χ3v) is 12.0. The molecule has 11 rings (SSSR count). The van der Waals surface area contributed by atoms with Crippen molar-refractivity contribution in [1.82, 2.24) is 0 Å². The number of rotatable bonds is 2. The zero-order valence-electron chi connectivity index (χ0n) is 31.1. The normalized spacial score (nSPS) is 13.1. The van der Waals surface area contributed by atoms with Crippen molar-refractivity contribution in [3.63, 3.8) is 0 Å². The first-order valence-corrected chi connectivity index (χ1v) is 18.9. The zero-order valence-corrected chi connectivity index (χ0v) is 31.1. The molecule has 10 aromatic carbocycles. The highest BCUT2D eigenvalue weighted by Crippen LogP contribution is 2.45. The molecule has 1 aromatic heterocycles. The van der Waals surface area contributed by atoms with Gasteiger partial charge < -0.3 is 4.42 Å². The number of hydrogen-bond acceptors (Lipinski definition) is 1. The summed E-state index contributed by atoms with van der Waals surface area (Å²) < 4.78 is 6.47. The van der Waals surface area contributed by atoms with Gasteiger partial charge in [0.2, 0.25) is 0 Å². The molecule has 0 spiro atoms. The highest BCUT2D eigenvalue weighted by atomic mass is 16.3. The summed E-state index contributed by atoms with van der Waals surface area (Å²) in [4.78, 5) is 0. The summed E-state index contributed by atoms with van der Waals surface area (Å²) in [7, 11) is 0. The Morgan fingerprint density at radius 3 is 1.08 bits per heavy atom. The first kappa shape index (κ1) is 30.7. The predicted molar refractivity (Wildman–Crippen MR) is 229 cm³/mol. The van der Waals surface area contributed by atoms with Crippen LogP contribution in [0.4, 0.5) is 0 Å². The summed E-state index contributed by atoms with van der Waals surface area (Å²) in [6, 6.07) is 50.6. The Hall–Kier alpha value is -5.92. The standard InChI is InChI=1S/C52H40O/c1-51(2,3)37-23-33-9-7-29-11-17-39(41-19-13-35(25-37)47(33)49(29)41)31-15-21-45-43(27-31)44-28-32(16-22-46(44)53-45)40-18-12-30-8-10-34-24-38(52(4,5)6)26-36-14-20-42(40)50(30)48(34)36/h7-28H,1-6H3. The minimum atomic E-state index is 0.0920. The highest BCUT2D eigenvalue weighted by molar-refractivity contribution is 6.27. The van der Waals surface area contributed by atoms with E-state index in [-0.39, 0.29) is 10.8 Å². The molecule has 254 valence electrons. The van der Waals surface area contributed by atoms with Gasteiger partial charge in [-0.2, -0.15) is 0 Å².